The Morgan fingerprint density at radius 3 is 2.39 bits per heavy atom. The van der Waals surface area contributed by atoms with Crippen molar-refractivity contribution in [3.63, 3.8) is 0 Å². The predicted molar refractivity (Wildman–Crippen MR) is 128 cm³/mol. The summed E-state index contributed by atoms with van der Waals surface area (Å²) in [5, 5.41) is 18.7. The van der Waals surface area contributed by atoms with E-state index in [-0.39, 0.29) is 23.8 Å². The molecule has 0 spiro atoms. The molecule has 1 aromatic heterocycles. The molecule has 0 unspecified atom stereocenters. The number of carbonyl (C=O) groups excluding carboxylic acids is 1. The summed E-state index contributed by atoms with van der Waals surface area (Å²) in [6, 6.07) is 12.3. The molecule has 1 heterocycles. The van der Waals surface area contributed by atoms with Crippen molar-refractivity contribution in [2.45, 2.75) is 25.7 Å². The molecule has 0 aliphatic heterocycles. The third kappa shape index (κ3) is 5.38. The van der Waals surface area contributed by atoms with Crippen molar-refractivity contribution >= 4 is 41.2 Å². The largest absolute Gasteiger partial charge is 0.480 e. The first-order valence-corrected chi connectivity index (χ1v) is 9.94. The van der Waals surface area contributed by atoms with Gasteiger partial charge in [0.1, 0.15) is 18.1 Å². The number of carboxylic acids is 1. The van der Waals surface area contributed by atoms with E-state index >= 15 is 0 Å². The molecule has 1 amide bonds. The van der Waals surface area contributed by atoms with Crippen molar-refractivity contribution in [3.8, 4) is 0 Å². The summed E-state index contributed by atoms with van der Waals surface area (Å²) in [7, 11) is 1.67. The van der Waals surface area contributed by atoms with E-state index in [0.29, 0.717) is 34.3 Å². The van der Waals surface area contributed by atoms with Crippen LogP contribution in [0.3, 0.4) is 0 Å². The Labute approximate surface area is 196 Å². The van der Waals surface area contributed by atoms with E-state index in [1.54, 1.807) is 63.4 Å². The fourth-order valence-electron chi connectivity index (χ4n) is 3.40. The van der Waals surface area contributed by atoms with Crippen LogP contribution in [0.5, 0.6) is 0 Å². The first-order chi connectivity index (χ1) is 15.0. The maximum Gasteiger partial charge on any atom is 0.322 e. The zero-order valence-corrected chi connectivity index (χ0v) is 19.3. The van der Waals surface area contributed by atoms with Gasteiger partial charge in [-0.3, -0.25) is 19.8 Å². The van der Waals surface area contributed by atoms with E-state index < -0.39 is 23.8 Å². The third-order valence-electron chi connectivity index (χ3n) is 5.47. The van der Waals surface area contributed by atoms with Crippen molar-refractivity contribution in [1.82, 2.24) is 14.9 Å². The number of nitrogens with two attached hydrogens (primary N) is 1. The number of nitrogen functional groups attached to an aromatic ring is 1. The fraction of sp³-hybridized carbons (Fsp3) is 0.261. The standard InChI is InChI=1S/C23H25N5O4.ClH/c1-23(2,22(32)26-12-19(29)30)15-8-9-18-16(11-15)27-17(21(31)28(18)3)10-13-4-6-14(7-5-13)20(24)25;/h4-9,11H,10,12H2,1-3H3,(H3,24,25)(H,26,32)(H,29,30);1H. The summed E-state index contributed by atoms with van der Waals surface area (Å²) >= 11 is 0. The van der Waals surface area contributed by atoms with Crippen LogP contribution in [-0.2, 0) is 28.5 Å². The molecule has 33 heavy (non-hydrogen) atoms. The van der Waals surface area contributed by atoms with Crippen LogP contribution < -0.4 is 16.6 Å². The first kappa shape index (κ1) is 25.5. The molecule has 0 saturated heterocycles. The fourth-order valence-corrected chi connectivity index (χ4v) is 3.40. The summed E-state index contributed by atoms with van der Waals surface area (Å²) in [4.78, 5) is 40.7. The number of carbonyl (C=O) groups is 2. The molecule has 0 fully saturated rings. The lowest BCUT2D eigenvalue weighted by Crippen LogP contribution is -2.42. The van der Waals surface area contributed by atoms with Crippen molar-refractivity contribution in [2.75, 3.05) is 6.54 Å². The molecule has 2 aromatic carbocycles. The summed E-state index contributed by atoms with van der Waals surface area (Å²) in [5.74, 6) is -1.57. The van der Waals surface area contributed by atoms with Crippen LogP contribution in [0.2, 0.25) is 0 Å². The number of aliphatic carboxylic acids is 1. The average molecular weight is 472 g/mol. The highest BCUT2D eigenvalue weighted by molar-refractivity contribution is 5.95. The van der Waals surface area contributed by atoms with Gasteiger partial charge in [-0.25, -0.2) is 4.98 Å². The zero-order valence-electron chi connectivity index (χ0n) is 18.5. The molecule has 174 valence electrons. The number of aromatic nitrogens is 2. The van der Waals surface area contributed by atoms with Crippen molar-refractivity contribution < 1.29 is 14.7 Å². The third-order valence-corrected chi connectivity index (χ3v) is 5.47. The molecule has 0 atom stereocenters. The highest BCUT2D eigenvalue weighted by atomic mass is 35.5. The lowest BCUT2D eigenvalue weighted by molar-refractivity contribution is -0.138. The number of hydrogen-bond acceptors (Lipinski definition) is 5. The molecule has 0 radical (unpaired) electrons. The molecule has 0 aliphatic carbocycles. The van der Waals surface area contributed by atoms with E-state index in [1.165, 1.54) is 4.57 Å². The molecule has 0 saturated carbocycles. The summed E-state index contributed by atoms with van der Waals surface area (Å²) in [5.41, 5.74) is 7.89. The smallest absolute Gasteiger partial charge is 0.322 e. The maximum atomic E-state index is 12.8. The average Bonchev–Trinajstić information content (AvgIpc) is 2.75. The predicted octanol–water partition coefficient (Wildman–Crippen LogP) is 1.71. The second kappa shape index (κ2) is 9.83. The lowest BCUT2D eigenvalue weighted by atomic mass is 9.83. The Hall–Kier alpha value is -3.72. The molecular formula is C23H26ClN5O4. The van der Waals surface area contributed by atoms with Crippen LogP contribution >= 0.6 is 12.4 Å². The van der Waals surface area contributed by atoms with Crippen molar-refractivity contribution in [1.29, 1.82) is 5.41 Å². The number of amides is 1. The van der Waals surface area contributed by atoms with Gasteiger partial charge in [-0.05, 0) is 37.1 Å². The molecular weight excluding hydrogens is 446 g/mol. The number of hydrogen-bond donors (Lipinski definition) is 4. The number of halogens is 1. The lowest BCUT2D eigenvalue weighted by Gasteiger charge is -2.24. The van der Waals surface area contributed by atoms with Crippen LogP contribution in [0.1, 0.15) is 36.2 Å². The van der Waals surface area contributed by atoms with Gasteiger partial charge in [0, 0.05) is 19.0 Å². The second-order valence-electron chi connectivity index (χ2n) is 8.11. The van der Waals surface area contributed by atoms with E-state index in [0.717, 1.165) is 5.56 Å². The number of nitrogens with zero attached hydrogens (tertiary/aromatic N) is 2. The van der Waals surface area contributed by atoms with Gasteiger partial charge in [0.15, 0.2) is 0 Å². The van der Waals surface area contributed by atoms with Gasteiger partial charge in [-0.15, -0.1) is 12.4 Å². The van der Waals surface area contributed by atoms with Gasteiger partial charge in [-0.1, -0.05) is 30.3 Å². The van der Waals surface area contributed by atoms with Crippen LogP contribution in [-0.4, -0.2) is 38.9 Å². The molecule has 3 rings (SSSR count). The van der Waals surface area contributed by atoms with Gasteiger partial charge in [-0.2, -0.15) is 0 Å². The van der Waals surface area contributed by atoms with E-state index in [2.05, 4.69) is 10.3 Å². The number of benzene rings is 2. The molecule has 0 bridgehead atoms. The molecule has 3 aromatic rings. The van der Waals surface area contributed by atoms with Crippen LogP contribution in [0, 0.1) is 5.41 Å². The minimum Gasteiger partial charge on any atom is -0.480 e. The number of carboxylic acid groups (broad SMARTS) is 1. The van der Waals surface area contributed by atoms with E-state index in [4.69, 9.17) is 16.2 Å². The van der Waals surface area contributed by atoms with E-state index in [9.17, 15) is 14.4 Å². The Morgan fingerprint density at radius 1 is 1.18 bits per heavy atom. The molecule has 9 nitrogen and oxygen atoms in total. The van der Waals surface area contributed by atoms with Crippen molar-refractivity contribution in [3.05, 3.63) is 75.2 Å². The summed E-state index contributed by atoms with van der Waals surface area (Å²) in [6.45, 7) is 2.94. The van der Waals surface area contributed by atoms with Crippen molar-refractivity contribution in [2.24, 2.45) is 12.8 Å². The van der Waals surface area contributed by atoms with E-state index in [1.807, 2.05) is 0 Å². The first-order valence-electron chi connectivity index (χ1n) is 9.94. The highest BCUT2D eigenvalue weighted by Crippen LogP contribution is 2.26. The molecule has 0 aliphatic rings. The quantitative estimate of drug-likeness (QED) is 0.304. The van der Waals surface area contributed by atoms with Crippen LogP contribution in [0.15, 0.2) is 47.3 Å². The molecule has 5 N–H and O–H groups in total. The highest BCUT2D eigenvalue weighted by Gasteiger charge is 2.30. The van der Waals surface area contributed by atoms with Crippen LogP contribution in [0.25, 0.3) is 11.0 Å². The molecule has 10 heteroatoms. The van der Waals surface area contributed by atoms with Gasteiger partial charge < -0.3 is 20.7 Å². The zero-order chi connectivity index (χ0) is 23.6. The number of rotatable bonds is 7. The van der Waals surface area contributed by atoms with Crippen LogP contribution in [0.4, 0.5) is 0 Å². The number of nitrogens with one attached hydrogen (secondary N) is 2. The van der Waals surface area contributed by atoms with Gasteiger partial charge in [0.25, 0.3) is 5.56 Å². The number of aryl methyl sites for hydroxylation is 1. The Morgan fingerprint density at radius 2 is 1.82 bits per heavy atom. The second-order valence-corrected chi connectivity index (χ2v) is 8.11. The summed E-state index contributed by atoms with van der Waals surface area (Å²) in [6.07, 6.45) is 0.299. The number of fused-ring (bicyclic) bond motifs is 1. The van der Waals surface area contributed by atoms with Gasteiger partial charge in [0.2, 0.25) is 5.91 Å². The summed E-state index contributed by atoms with van der Waals surface area (Å²) < 4.78 is 1.52. The SMILES string of the molecule is Cl.Cn1c(=O)c(Cc2ccc(C(=N)N)cc2)nc2cc(C(C)(C)C(=O)NCC(=O)O)ccc21. The van der Waals surface area contributed by atoms with Gasteiger partial charge >= 0.3 is 5.97 Å². The normalized spacial score (nSPS) is 11.0. The van der Waals surface area contributed by atoms with Gasteiger partial charge in [0.05, 0.1) is 16.4 Å². The Bertz CT molecular complexity index is 1280. The Balaban J connectivity index is 0.00000385. The monoisotopic (exact) mass is 471 g/mol. The minimum absolute atomic E-state index is 0. The number of amidine groups is 1. The maximum absolute atomic E-state index is 12.8. The topological polar surface area (TPSA) is 151 Å². The minimum atomic E-state index is -1.12. The Kier molecular flexibility index (Phi) is 7.60.